The van der Waals surface area contributed by atoms with Crippen LogP contribution in [0.4, 0.5) is 120 Å². The van der Waals surface area contributed by atoms with Crippen LogP contribution >= 0.6 is 0 Å². The Labute approximate surface area is 672 Å². The summed E-state index contributed by atoms with van der Waals surface area (Å²) >= 11 is 0. The second kappa shape index (κ2) is 47.8. The van der Waals surface area contributed by atoms with Crippen LogP contribution in [0, 0.1) is 65.7 Å². The average molecular weight is 1860 g/mol. The number of benzene rings is 8. The number of fused-ring (bicyclic) bond motifs is 1. The van der Waals surface area contributed by atoms with E-state index < -0.39 is 113 Å². The molecule has 6 N–H and O–H groups in total. The number of urea groups is 2. The van der Waals surface area contributed by atoms with Gasteiger partial charge in [0.2, 0.25) is 12.0 Å². The molecule has 0 aromatic heterocycles. The molecule has 0 spiro atoms. The second-order valence-corrected chi connectivity index (χ2v) is 21.5. The predicted molar refractivity (Wildman–Crippen MR) is 387 cm³/mol. The number of para-hydroxylation sites is 4. The number of anilines is 6. The number of alkyl halides is 12. The van der Waals surface area contributed by atoms with Crippen molar-refractivity contribution in [2.75, 3.05) is 81.7 Å². The summed E-state index contributed by atoms with van der Waals surface area (Å²) in [7, 11) is 12.4. The Balaban J connectivity index is 0.000000727. The minimum absolute atomic E-state index is 0. The molecule has 0 saturated carbocycles. The molecule has 2 radical (unpaired) electrons. The van der Waals surface area contributed by atoms with E-state index in [1.165, 1.54) is 115 Å². The number of esters is 3. The van der Waals surface area contributed by atoms with Crippen LogP contribution < -0.4 is 50.8 Å². The van der Waals surface area contributed by atoms with Crippen molar-refractivity contribution in [3.63, 3.8) is 0 Å². The molecule has 22 nitrogen and oxygen atoms in total. The first-order chi connectivity index (χ1) is 54.1. The Morgan fingerprint density at radius 2 is 1.07 bits per heavy atom. The zero-order valence-electron chi connectivity index (χ0n) is 62.2. The molecule has 0 fully saturated rings. The number of nitrogens with zero attached hydrogens (tertiary/aromatic N) is 3. The van der Waals surface area contributed by atoms with Crippen LogP contribution in [-0.2, 0) is 69.3 Å². The van der Waals surface area contributed by atoms with Crippen molar-refractivity contribution >= 4 is 96.2 Å². The summed E-state index contributed by atoms with van der Waals surface area (Å²) < 4.78 is 246. The number of halogens is 16. The molecule has 0 bridgehead atoms. The number of amides is 5. The molecule has 115 heavy (non-hydrogen) atoms. The van der Waals surface area contributed by atoms with Crippen LogP contribution in [-0.4, -0.2) is 101 Å². The fourth-order valence-corrected chi connectivity index (χ4v) is 9.04. The number of rotatable bonds is 16. The van der Waals surface area contributed by atoms with Gasteiger partial charge >= 0.3 is 54.7 Å². The topological polar surface area (TPSA) is 298 Å². The third kappa shape index (κ3) is 31.9. The molecule has 8 aromatic carbocycles. The molecule has 5 amide bonds. The molecule has 9 rings (SSSR count). The fourth-order valence-electron chi connectivity index (χ4n) is 9.04. The molecular weight excluding hydrogens is 1790 g/mol. The fraction of sp³-hybridized carbons (Fsp3) is 0.200. The number of ether oxygens (including phenoxy) is 7. The summed E-state index contributed by atoms with van der Waals surface area (Å²) in [6.45, 7) is 4.59. The maximum atomic E-state index is 14.2. The number of nitrogens with one attached hydrogen (secondary N) is 4. The van der Waals surface area contributed by atoms with E-state index in [9.17, 15) is 104 Å². The smallest absolute Gasteiger partial charge is 0.416 e. The van der Waals surface area contributed by atoms with Gasteiger partial charge in [0, 0.05) is 75.3 Å². The maximum absolute atomic E-state index is 14.2. The monoisotopic (exact) mass is 1860 g/mol. The quantitative estimate of drug-likeness (QED) is 0.00878. The number of nitrogen functional groups attached to an aromatic ring is 1. The van der Waals surface area contributed by atoms with Gasteiger partial charge in [0.15, 0.2) is 0 Å². The van der Waals surface area contributed by atoms with E-state index in [1.807, 2.05) is 0 Å². The van der Waals surface area contributed by atoms with E-state index >= 15 is 0 Å². The maximum Gasteiger partial charge on any atom is 0.416 e. The van der Waals surface area contributed by atoms with Crippen LogP contribution in [0.25, 0.3) is 6.08 Å². The molecule has 0 aliphatic carbocycles. The number of nitrogens with two attached hydrogens (primary N) is 1. The molecule has 610 valence electrons. The molecule has 1 aliphatic rings. The first-order valence-corrected chi connectivity index (χ1v) is 31.4. The van der Waals surface area contributed by atoms with Gasteiger partial charge in [-0.3, -0.25) is 14.5 Å². The van der Waals surface area contributed by atoms with Crippen LogP contribution in [0.1, 0.15) is 58.3 Å². The number of methoxy groups -OCH3 is 7. The first kappa shape index (κ1) is 98.6. The van der Waals surface area contributed by atoms with E-state index in [0.29, 0.717) is 6.07 Å². The van der Waals surface area contributed by atoms with Gasteiger partial charge in [-0.2, -0.15) is 62.9 Å². The zero-order valence-corrected chi connectivity index (χ0v) is 65.4. The van der Waals surface area contributed by atoms with Crippen LogP contribution in [0.3, 0.4) is 0 Å². The Bertz CT molecular complexity index is 4740. The van der Waals surface area contributed by atoms with Gasteiger partial charge in [0.05, 0.1) is 131 Å². The molecule has 0 saturated heterocycles. The predicted octanol–water partition coefficient (Wildman–Crippen LogP) is 17.5. The number of carbonyl (C=O) groups is 6. The Morgan fingerprint density at radius 1 is 0.591 bits per heavy atom. The van der Waals surface area contributed by atoms with E-state index in [4.69, 9.17) is 31.3 Å². The summed E-state index contributed by atoms with van der Waals surface area (Å²) in [5, 5.41) is 16.4. The Kier molecular flexibility index (Phi) is 41.0. The minimum Gasteiger partial charge on any atom is -0.496 e. The Morgan fingerprint density at radius 3 is 1.56 bits per heavy atom. The molecule has 40 heteroatoms. The molecular formula is C75H67BF16N8O14U. The molecule has 1 atom stereocenters. The summed E-state index contributed by atoms with van der Waals surface area (Å²) in [6.07, 6.45) is -14.6. The van der Waals surface area contributed by atoms with Gasteiger partial charge in [-0.25, -0.2) is 41.5 Å². The molecule has 1 unspecified atom stereocenters. The van der Waals surface area contributed by atoms with Gasteiger partial charge in [0.1, 0.15) is 52.0 Å². The normalized spacial score (nSPS) is 11.6. The largest absolute Gasteiger partial charge is 0.496 e. The summed E-state index contributed by atoms with van der Waals surface area (Å²) in [5.41, 5.74) is 0.849. The standard InChI is InChI=1S/2C19H16F4N2O4.C16H13F4NO2.C9H6F3NO2.C6H6FN.C4H6O2.C2H3N.BH.U/c1-28-15-7-6-10(19(21,22)23)8-14(15)25-13(9-16(26)29-2)11-4-3-5-12(20)17(11)24-18(25)27;1-28-15-8-7-12(19(21,22)23)10-14(15)24-18(27)25-17-11(4-3-5-13(17)20)6-9-16(26)29-2;1-23-14-7-6-11(16(18,19)20)8-10(14)9-15(22)21-13-5-3-2-4-12(13)17;1-15-8-3-2-6(9(10,11)12)4-7(8)13-5-14;7-5-3-1-2-4-6(5)8;1-3-4(5)6-2;1-2-3;;/h3-8,13H,9H2,1-2H3,(H,24,27);3-10H,1-2H3,(H2,24,25,27);2-8H,9H2,1H3,(H,21,22);2-4H,1H3;1-4H,8H2;3H,1H2,2H3;1H3;1H;/b;9-6+;;;;;;;/i;;;;;;;1D;. The van der Waals surface area contributed by atoms with Gasteiger partial charge in [-0.15, -0.1) is 0 Å². The number of hydrogen-bond acceptors (Lipinski definition) is 17. The van der Waals surface area contributed by atoms with Crippen LogP contribution in [0.2, 0.25) is 0 Å². The van der Waals surface area contributed by atoms with Gasteiger partial charge < -0.3 is 60.2 Å². The third-order valence-electron chi connectivity index (χ3n) is 14.2. The van der Waals surface area contributed by atoms with Crippen molar-refractivity contribution in [1.82, 2.24) is 0 Å². The van der Waals surface area contributed by atoms with Crippen molar-refractivity contribution in [3.05, 3.63) is 239 Å². The summed E-state index contributed by atoms with van der Waals surface area (Å²) in [5.74, 6) is -4.80. The number of nitriles is 1. The number of hydrogen-bond donors (Lipinski definition) is 5. The summed E-state index contributed by atoms with van der Waals surface area (Å²) in [4.78, 5) is 84.0. The zero-order chi connectivity index (χ0) is 87.1. The SMILES string of the molecule is C=CC(=O)OC.CC#N.COC(=O)/C=C/c1cccc(F)c1NC(=O)Nc1cc(C(F)(F)F)ccc1OC.COC(=O)CC1c2cccc(F)c2NC(=O)N1c1cc(C(F)(F)F)ccc1OC.COc1ccc(C(F)(F)F)cc1CC(=O)Nc1ccccc1F.COc1ccc(C(F)(F)F)cc1N=C=O.Nc1ccccc1F.[2H][B].[U]. The summed E-state index contributed by atoms with van der Waals surface area (Å²) in [6, 6.07) is 28.9. The van der Waals surface area contributed by atoms with Crippen LogP contribution in [0.15, 0.2) is 181 Å². The van der Waals surface area contributed by atoms with Crippen molar-refractivity contribution < 1.29 is 168 Å². The van der Waals surface area contributed by atoms with E-state index in [-0.39, 0.29) is 123 Å². The number of aliphatic imine (C=N–C) groups is 1. The molecule has 8 aromatic rings. The second-order valence-electron chi connectivity index (χ2n) is 21.5. The van der Waals surface area contributed by atoms with Crippen molar-refractivity contribution in [3.8, 4) is 29.1 Å². The van der Waals surface area contributed by atoms with Gasteiger partial charge in [-0.1, -0.05) is 55.1 Å². The van der Waals surface area contributed by atoms with E-state index in [1.54, 1.807) is 18.2 Å². The number of carbonyl (C=O) groups excluding carboxylic acids is 7. The first-order valence-electron chi connectivity index (χ1n) is 31.9. The van der Waals surface area contributed by atoms with Crippen LogP contribution in [0.5, 0.6) is 23.0 Å². The van der Waals surface area contributed by atoms with Crippen molar-refractivity contribution in [1.29, 1.82) is 6.60 Å². The Hall–Kier alpha value is -12.5. The van der Waals surface area contributed by atoms with Gasteiger partial charge in [0.25, 0.3) is 0 Å². The van der Waals surface area contributed by atoms with E-state index in [2.05, 4.69) is 55.4 Å². The van der Waals surface area contributed by atoms with Crippen molar-refractivity contribution in [2.45, 2.75) is 50.5 Å². The third-order valence-corrected chi connectivity index (χ3v) is 14.2. The molecule has 1 heterocycles. The minimum atomic E-state index is -4.67. The molecule has 1 aliphatic heterocycles. The van der Waals surface area contributed by atoms with E-state index in [0.717, 1.165) is 110 Å². The number of isocyanates is 1. The average Bonchev–Trinajstić information content (AvgIpc) is 0.752. The van der Waals surface area contributed by atoms with Gasteiger partial charge in [-0.05, 0) is 117 Å². The van der Waals surface area contributed by atoms with Crippen molar-refractivity contribution in [2.24, 2.45) is 4.99 Å².